The number of hydroxylamine groups is 4. The van der Waals surface area contributed by atoms with Crippen LogP contribution in [0.2, 0.25) is 0 Å². The molecular formula is C37H76N4O3. The van der Waals surface area contributed by atoms with E-state index in [2.05, 4.69) is 90.0 Å². The Morgan fingerprint density at radius 3 is 1.16 bits per heavy atom. The summed E-state index contributed by atoms with van der Waals surface area (Å²) in [5.74, 6) is 0. The lowest BCUT2D eigenvalue weighted by Crippen LogP contribution is -2.64. The molecule has 0 radical (unpaired) electrons. The van der Waals surface area contributed by atoms with Crippen LogP contribution in [-0.4, -0.2) is 81.9 Å². The standard InChI is InChI=1S/C37H76N4O3/c1-11-13-15-17-19-21-23-43-40-34(3,4)25-31(26-35(40,5)6)38-29-33(42)30-39-32-27-36(7,8)41(37(9,10)28-32)44-24-22-20-18-16-14-12-2/h31-33,38-39,42H,11-30H2,1-10H3. The summed E-state index contributed by atoms with van der Waals surface area (Å²) in [6.07, 6.45) is 19.0. The molecule has 0 aromatic carbocycles. The van der Waals surface area contributed by atoms with E-state index in [0.717, 1.165) is 51.7 Å². The quantitative estimate of drug-likeness (QED) is 0.105. The van der Waals surface area contributed by atoms with Gasteiger partial charge in [0.1, 0.15) is 0 Å². The number of aliphatic hydroxyl groups is 1. The summed E-state index contributed by atoms with van der Waals surface area (Å²) in [5, 5.41) is 23.0. The maximum Gasteiger partial charge on any atom is 0.0788 e. The molecule has 0 aromatic heterocycles. The molecule has 0 amide bonds. The molecule has 3 N–H and O–H groups in total. The zero-order valence-corrected chi connectivity index (χ0v) is 31.0. The molecule has 0 bridgehead atoms. The van der Waals surface area contributed by atoms with Gasteiger partial charge >= 0.3 is 0 Å². The largest absolute Gasteiger partial charge is 0.390 e. The molecule has 7 heteroatoms. The van der Waals surface area contributed by atoms with Crippen molar-refractivity contribution in [2.45, 2.75) is 212 Å². The van der Waals surface area contributed by atoms with Crippen molar-refractivity contribution in [3.8, 4) is 0 Å². The Morgan fingerprint density at radius 1 is 0.545 bits per heavy atom. The maximum atomic E-state index is 11.0. The molecule has 2 fully saturated rings. The van der Waals surface area contributed by atoms with Gasteiger partial charge in [-0.15, -0.1) is 0 Å². The van der Waals surface area contributed by atoms with E-state index in [1.54, 1.807) is 0 Å². The highest BCUT2D eigenvalue weighted by Crippen LogP contribution is 2.40. The van der Waals surface area contributed by atoms with Gasteiger partial charge in [-0.2, -0.15) is 10.1 Å². The molecule has 0 saturated carbocycles. The SMILES string of the molecule is CCCCCCCCON1C(C)(C)CC(NCC(O)CNC2CC(C)(C)N(OCCCCCCCC)C(C)(C)C2)CC1(C)C. The van der Waals surface area contributed by atoms with Crippen molar-refractivity contribution in [1.82, 2.24) is 20.8 Å². The molecule has 0 aromatic rings. The zero-order chi connectivity index (χ0) is 32.9. The molecular weight excluding hydrogens is 548 g/mol. The molecule has 7 nitrogen and oxygen atoms in total. The Balaban J connectivity index is 1.74. The minimum atomic E-state index is -0.420. The van der Waals surface area contributed by atoms with Crippen LogP contribution in [0.15, 0.2) is 0 Å². The van der Waals surface area contributed by atoms with Crippen LogP contribution >= 0.6 is 0 Å². The van der Waals surface area contributed by atoms with Gasteiger partial charge in [-0.1, -0.05) is 78.1 Å². The number of rotatable bonds is 22. The highest BCUT2D eigenvalue weighted by Gasteiger charge is 2.47. The molecule has 2 heterocycles. The Labute approximate surface area is 273 Å². The van der Waals surface area contributed by atoms with E-state index in [1.807, 2.05) is 0 Å². The number of piperidine rings is 2. The molecule has 2 rings (SSSR count). The van der Waals surface area contributed by atoms with Crippen molar-refractivity contribution in [1.29, 1.82) is 0 Å². The minimum Gasteiger partial charge on any atom is -0.390 e. The summed E-state index contributed by atoms with van der Waals surface area (Å²) < 4.78 is 0. The van der Waals surface area contributed by atoms with Gasteiger partial charge in [0.25, 0.3) is 0 Å². The topological polar surface area (TPSA) is 69.2 Å². The van der Waals surface area contributed by atoms with Crippen molar-refractivity contribution in [2.24, 2.45) is 0 Å². The Kier molecular flexibility index (Phi) is 17.1. The number of hydrogen-bond acceptors (Lipinski definition) is 7. The van der Waals surface area contributed by atoms with Crippen molar-refractivity contribution in [3.05, 3.63) is 0 Å². The van der Waals surface area contributed by atoms with Crippen molar-refractivity contribution < 1.29 is 14.8 Å². The van der Waals surface area contributed by atoms with Crippen LogP contribution in [0.25, 0.3) is 0 Å². The Morgan fingerprint density at radius 2 is 0.841 bits per heavy atom. The highest BCUT2D eigenvalue weighted by molar-refractivity contribution is 5.01. The number of aliphatic hydroxyl groups excluding tert-OH is 1. The van der Waals surface area contributed by atoms with Crippen LogP contribution in [0.1, 0.15) is 172 Å². The summed E-state index contributed by atoms with van der Waals surface area (Å²) in [5.41, 5.74) is -0.250. The zero-order valence-electron chi connectivity index (χ0n) is 31.0. The second-order valence-corrected chi connectivity index (χ2v) is 16.7. The molecule has 0 spiro atoms. The molecule has 0 atom stereocenters. The van der Waals surface area contributed by atoms with Crippen molar-refractivity contribution in [2.75, 3.05) is 26.3 Å². The molecule has 2 saturated heterocycles. The second kappa shape index (κ2) is 18.9. The fraction of sp³-hybridized carbons (Fsp3) is 1.00. The lowest BCUT2D eigenvalue weighted by atomic mass is 9.78. The van der Waals surface area contributed by atoms with Crippen LogP contribution in [-0.2, 0) is 9.68 Å². The molecule has 2 aliphatic heterocycles. The van der Waals surface area contributed by atoms with E-state index < -0.39 is 6.10 Å². The fourth-order valence-electron chi connectivity index (χ4n) is 8.27. The lowest BCUT2D eigenvalue weighted by Gasteiger charge is -2.54. The first-order valence-corrected chi connectivity index (χ1v) is 18.7. The minimum absolute atomic E-state index is 0.0624. The predicted molar refractivity (Wildman–Crippen MR) is 187 cm³/mol. The average Bonchev–Trinajstić information content (AvgIpc) is 2.91. The molecule has 0 aliphatic carbocycles. The van der Waals surface area contributed by atoms with E-state index in [1.165, 1.54) is 64.2 Å². The third kappa shape index (κ3) is 13.4. The van der Waals surface area contributed by atoms with Crippen molar-refractivity contribution in [3.63, 3.8) is 0 Å². The van der Waals surface area contributed by atoms with E-state index in [4.69, 9.17) is 9.68 Å². The average molecular weight is 625 g/mol. The van der Waals surface area contributed by atoms with Crippen molar-refractivity contribution >= 4 is 0 Å². The number of nitrogens with one attached hydrogen (secondary N) is 2. The summed E-state index contributed by atoms with van der Waals surface area (Å²) in [7, 11) is 0. The van der Waals surface area contributed by atoms with Gasteiger partial charge in [-0.3, -0.25) is 9.68 Å². The summed E-state index contributed by atoms with van der Waals surface area (Å²) in [6, 6.07) is 0.710. The molecule has 0 unspecified atom stereocenters. The maximum absolute atomic E-state index is 11.0. The molecule has 262 valence electrons. The lowest BCUT2D eigenvalue weighted by molar-refractivity contribution is -0.284. The van der Waals surface area contributed by atoms with Crippen LogP contribution < -0.4 is 10.6 Å². The van der Waals surface area contributed by atoms with Gasteiger partial charge in [0.05, 0.1) is 19.3 Å². The van der Waals surface area contributed by atoms with Crippen LogP contribution in [0.4, 0.5) is 0 Å². The van der Waals surface area contributed by atoms with Crippen LogP contribution in [0.3, 0.4) is 0 Å². The Hall–Kier alpha value is -0.280. The predicted octanol–water partition coefficient (Wildman–Crippen LogP) is 8.15. The second-order valence-electron chi connectivity index (χ2n) is 16.7. The summed E-state index contributed by atoms with van der Waals surface area (Å²) in [4.78, 5) is 12.8. The van der Waals surface area contributed by atoms with Gasteiger partial charge in [0, 0.05) is 47.3 Å². The summed E-state index contributed by atoms with van der Waals surface area (Å²) >= 11 is 0. The van der Waals surface area contributed by atoms with E-state index in [0.29, 0.717) is 25.2 Å². The monoisotopic (exact) mass is 625 g/mol. The van der Waals surface area contributed by atoms with Gasteiger partial charge in [0.15, 0.2) is 0 Å². The highest BCUT2D eigenvalue weighted by atomic mass is 16.7. The smallest absolute Gasteiger partial charge is 0.0788 e. The van der Waals surface area contributed by atoms with Gasteiger partial charge < -0.3 is 15.7 Å². The van der Waals surface area contributed by atoms with Gasteiger partial charge in [-0.25, -0.2) is 0 Å². The van der Waals surface area contributed by atoms with Crippen LogP contribution in [0.5, 0.6) is 0 Å². The van der Waals surface area contributed by atoms with Crippen LogP contribution in [0, 0.1) is 0 Å². The van der Waals surface area contributed by atoms with Gasteiger partial charge in [0.2, 0.25) is 0 Å². The normalized spacial score (nSPS) is 22.6. The first-order chi connectivity index (χ1) is 20.6. The van der Waals surface area contributed by atoms with Gasteiger partial charge in [-0.05, 0) is 93.9 Å². The number of nitrogens with zero attached hydrogens (tertiary/aromatic N) is 2. The number of unbranched alkanes of at least 4 members (excludes halogenated alkanes) is 10. The Bertz CT molecular complexity index is 674. The van der Waals surface area contributed by atoms with E-state index >= 15 is 0 Å². The first kappa shape index (κ1) is 39.9. The number of hydrogen-bond donors (Lipinski definition) is 3. The molecule has 2 aliphatic rings. The fourth-order valence-corrected chi connectivity index (χ4v) is 8.27. The first-order valence-electron chi connectivity index (χ1n) is 18.7. The molecule has 44 heavy (non-hydrogen) atoms. The third-order valence-electron chi connectivity index (χ3n) is 9.90. The van der Waals surface area contributed by atoms with E-state index in [-0.39, 0.29) is 22.2 Å². The third-order valence-corrected chi connectivity index (χ3v) is 9.90. The van der Waals surface area contributed by atoms with E-state index in [9.17, 15) is 5.11 Å². The summed E-state index contributed by atoms with van der Waals surface area (Å²) in [6.45, 7) is 25.8.